The molecule has 1 aromatic carbocycles. The van der Waals surface area contributed by atoms with Crippen LogP contribution in [-0.2, 0) is 0 Å². The summed E-state index contributed by atoms with van der Waals surface area (Å²) in [5.41, 5.74) is 0.688. The van der Waals surface area contributed by atoms with Gasteiger partial charge in [-0.2, -0.15) is 10.5 Å². The molecule has 0 aromatic heterocycles. The van der Waals surface area contributed by atoms with Crippen molar-refractivity contribution in [1.82, 2.24) is 0 Å². The molecular weight excluding hydrogens is 228 g/mol. The zero-order valence-electron chi connectivity index (χ0n) is 11.0. The normalized spacial score (nSPS) is 10.0. The van der Waals surface area contributed by atoms with Gasteiger partial charge >= 0.3 is 0 Å². The Labute approximate surface area is 107 Å². The molecule has 0 spiro atoms. The molecule has 0 aliphatic heterocycles. The second-order valence-electron chi connectivity index (χ2n) is 4.40. The summed E-state index contributed by atoms with van der Waals surface area (Å²) in [6, 6.07) is 7.15. The summed E-state index contributed by atoms with van der Waals surface area (Å²) in [6.45, 7) is 7.51. The molecule has 1 aromatic rings. The Bertz CT molecular complexity index is 465. The second-order valence-corrected chi connectivity index (χ2v) is 4.40. The molecule has 0 amide bonds. The van der Waals surface area contributed by atoms with Crippen molar-refractivity contribution in [2.75, 3.05) is 0 Å². The Morgan fingerprint density at radius 1 is 0.833 bits per heavy atom. The molecule has 4 heteroatoms. The van der Waals surface area contributed by atoms with E-state index in [1.165, 1.54) is 6.07 Å². The van der Waals surface area contributed by atoms with Crippen LogP contribution in [0.1, 0.15) is 38.8 Å². The van der Waals surface area contributed by atoms with Gasteiger partial charge in [0.05, 0.1) is 23.3 Å². The Hall–Kier alpha value is -2.20. The topological polar surface area (TPSA) is 66.0 Å². The molecule has 0 aliphatic rings. The van der Waals surface area contributed by atoms with Gasteiger partial charge in [-0.25, -0.2) is 0 Å². The average molecular weight is 244 g/mol. The van der Waals surface area contributed by atoms with Crippen molar-refractivity contribution in [1.29, 1.82) is 10.5 Å². The van der Waals surface area contributed by atoms with Gasteiger partial charge in [0, 0.05) is 6.07 Å². The van der Waals surface area contributed by atoms with Gasteiger partial charge in [-0.05, 0) is 33.8 Å². The number of rotatable bonds is 4. The zero-order chi connectivity index (χ0) is 13.7. The molecule has 0 saturated heterocycles. The summed E-state index contributed by atoms with van der Waals surface area (Å²) in [6.07, 6.45) is -0.0890. The minimum absolute atomic E-state index is 0.0445. The maximum absolute atomic E-state index is 9.04. The van der Waals surface area contributed by atoms with Crippen LogP contribution in [0, 0.1) is 22.7 Å². The molecule has 0 radical (unpaired) electrons. The van der Waals surface area contributed by atoms with Crippen molar-refractivity contribution in [3.63, 3.8) is 0 Å². The summed E-state index contributed by atoms with van der Waals surface area (Å²) in [5.74, 6) is 0.893. The number of nitrogens with zero attached hydrogens (tertiary/aromatic N) is 2. The largest absolute Gasteiger partial charge is 0.489 e. The van der Waals surface area contributed by atoms with E-state index in [0.29, 0.717) is 22.6 Å². The van der Waals surface area contributed by atoms with E-state index in [9.17, 15) is 0 Å². The summed E-state index contributed by atoms with van der Waals surface area (Å²) < 4.78 is 11.1. The van der Waals surface area contributed by atoms with Gasteiger partial charge in [-0.1, -0.05) is 0 Å². The van der Waals surface area contributed by atoms with Crippen molar-refractivity contribution >= 4 is 0 Å². The highest BCUT2D eigenvalue weighted by Crippen LogP contribution is 2.30. The fourth-order valence-corrected chi connectivity index (χ4v) is 1.44. The fourth-order valence-electron chi connectivity index (χ4n) is 1.44. The first-order valence-electron chi connectivity index (χ1n) is 5.79. The maximum Gasteiger partial charge on any atom is 0.141 e. The van der Waals surface area contributed by atoms with Crippen LogP contribution < -0.4 is 9.47 Å². The smallest absolute Gasteiger partial charge is 0.141 e. The van der Waals surface area contributed by atoms with Crippen LogP contribution in [0.3, 0.4) is 0 Å². The standard InChI is InChI=1S/C14H16N2O2/c1-9(2)17-13-6-14(18-10(3)4)12(8-16)5-11(13)7-15/h5-6,9-10H,1-4H3. The number of hydrogen-bond donors (Lipinski definition) is 0. The van der Waals surface area contributed by atoms with Crippen molar-refractivity contribution in [3.8, 4) is 23.6 Å². The fraction of sp³-hybridized carbons (Fsp3) is 0.429. The summed E-state index contributed by atoms with van der Waals surface area (Å²) in [5, 5.41) is 18.1. The molecule has 0 bridgehead atoms. The van der Waals surface area contributed by atoms with E-state index < -0.39 is 0 Å². The first-order chi connectivity index (χ1) is 8.47. The number of ether oxygens (including phenoxy) is 2. The van der Waals surface area contributed by atoms with Gasteiger partial charge in [0.2, 0.25) is 0 Å². The van der Waals surface area contributed by atoms with Crippen molar-refractivity contribution < 1.29 is 9.47 Å². The van der Waals surface area contributed by atoms with Crippen LogP contribution in [0.4, 0.5) is 0 Å². The molecule has 0 atom stereocenters. The van der Waals surface area contributed by atoms with Gasteiger partial charge < -0.3 is 9.47 Å². The van der Waals surface area contributed by atoms with E-state index in [0.717, 1.165) is 0 Å². The molecule has 0 aliphatic carbocycles. The minimum atomic E-state index is -0.0445. The summed E-state index contributed by atoms with van der Waals surface area (Å²) in [7, 11) is 0. The van der Waals surface area contributed by atoms with Gasteiger partial charge in [0.1, 0.15) is 23.6 Å². The van der Waals surface area contributed by atoms with Crippen LogP contribution in [0.5, 0.6) is 11.5 Å². The van der Waals surface area contributed by atoms with E-state index in [1.807, 2.05) is 39.8 Å². The van der Waals surface area contributed by atoms with Crippen LogP contribution in [0.25, 0.3) is 0 Å². The maximum atomic E-state index is 9.04. The molecule has 18 heavy (non-hydrogen) atoms. The quantitative estimate of drug-likeness (QED) is 0.816. The van der Waals surface area contributed by atoms with Crippen LogP contribution >= 0.6 is 0 Å². The highest BCUT2D eigenvalue weighted by Gasteiger charge is 2.14. The van der Waals surface area contributed by atoms with E-state index in [2.05, 4.69) is 0 Å². The van der Waals surface area contributed by atoms with Gasteiger partial charge in [0.25, 0.3) is 0 Å². The van der Waals surface area contributed by atoms with E-state index >= 15 is 0 Å². The predicted octanol–water partition coefficient (Wildman–Crippen LogP) is 3.00. The Morgan fingerprint density at radius 3 is 1.50 bits per heavy atom. The SMILES string of the molecule is CC(C)Oc1cc(OC(C)C)c(C#N)cc1C#N. The Morgan fingerprint density at radius 2 is 1.22 bits per heavy atom. The number of nitriles is 2. The van der Waals surface area contributed by atoms with Crippen LogP contribution in [0.15, 0.2) is 12.1 Å². The van der Waals surface area contributed by atoms with E-state index in [1.54, 1.807) is 6.07 Å². The predicted molar refractivity (Wildman–Crippen MR) is 67.4 cm³/mol. The highest BCUT2D eigenvalue weighted by molar-refractivity contribution is 5.56. The lowest BCUT2D eigenvalue weighted by Crippen LogP contribution is -2.10. The molecule has 0 unspecified atom stereocenters. The first kappa shape index (κ1) is 13.9. The zero-order valence-corrected chi connectivity index (χ0v) is 11.0. The average Bonchev–Trinajstić information content (AvgIpc) is 2.28. The molecule has 0 N–H and O–H groups in total. The van der Waals surface area contributed by atoms with Gasteiger partial charge in [-0.3, -0.25) is 0 Å². The number of benzene rings is 1. The lowest BCUT2D eigenvalue weighted by atomic mass is 10.1. The molecule has 4 nitrogen and oxygen atoms in total. The molecule has 0 heterocycles. The van der Waals surface area contributed by atoms with E-state index in [-0.39, 0.29) is 12.2 Å². The monoisotopic (exact) mass is 244 g/mol. The molecule has 0 saturated carbocycles. The highest BCUT2D eigenvalue weighted by atomic mass is 16.5. The minimum Gasteiger partial charge on any atom is -0.489 e. The number of hydrogen-bond acceptors (Lipinski definition) is 4. The van der Waals surface area contributed by atoms with Crippen molar-refractivity contribution in [3.05, 3.63) is 23.3 Å². The summed E-state index contributed by atoms with van der Waals surface area (Å²) in [4.78, 5) is 0. The van der Waals surface area contributed by atoms with Crippen molar-refractivity contribution in [2.24, 2.45) is 0 Å². The van der Waals surface area contributed by atoms with Crippen LogP contribution in [0.2, 0.25) is 0 Å². The molecule has 1 rings (SSSR count). The first-order valence-corrected chi connectivity index (χ1v) is 5.79. The second kappa shape index (κ2) is 5.93. The van der Waals surface area contributed by atoms with Crippen molar-refractivity contribution in [2.45, 2.75) is 39.9 Å². The van der Waals surface area contributed by atoms with E-state index in [4.69, 9.17) is 20.0 Å². The van der Waals surface area contributed by atoms with Gasteiger partial charge in [-0.15, -0.1) is 0 Å². The lowest BCUT2D eigenvalue weighted by Gasteiger charge is -2.16. The molecular formula is C14H16N2O2. The van der Waals surface area contributed by atoms with Crippen LogP contribution in [-0.4, -0.2) is 12.2 Å². The third kappa shape index (κ3) is 3.40. The van der Waals surface area contributed by atoms with Gasteiger partial charge in [0.15, 0.2) is 0 Å². The summed E-state index contributed by atoms with van der Waals surface area (Å²) >= 11 is 0. The third-order valence-electron chi connectivity index (χ3n) is 2.05. The third-order valence-corrected chi connectivity index (χ3v) is 2.05. The molecule has 94 valence electrons. The molecule has 0 fully saturated rings. The Balaban J connectivity index is 3.27. The lowest BCUT2D eigenvalue weighted by molar-refractivity contribution is 0.228. The Kier molecular flexibility index (Phi) is 4.57.